The molecule has 1 aromatic carbocycles. The summed E-state index contributed by atoms with van der Waals surface area (Å²) in [6.07, 6.45) is 0. The van der Waals surface area contributed by atoms with Gasteiger partial charge in [0.2, 0.25) is 0 Å². The van der Waals surface area contributed by atoms with E-state index in [0.717, 1.165) is 26.4 Å². The predicted molar refractivity (Wildman–Crippen MR) is 68.6 cm³/mol. The molecule has 0 fully saturated rings. The van der Waals surface area contributed by atoms with Crippen molar-refractivity contribution in [3.8, 4) is 5.75 Å². The van der Waals surface area contributed by atoms with E-state index < -0.39 is 51.1 Å². The maximum Gasteiger partial charge on any atom is 0.343 e. The topological polar surface area (TPSA) is 148 Å². The molecular weight excluding hydrogens is 304 g/mol. The molecule has 0 aromatic heterocycles. The van der Waals surface area contributed by atoms with E-state index in [1.54, 1.807) is 0 Å². The number of hydrogen-bond acceptors (Lipinski definition) is 9. The van der Waals surface area contributed by atoms with Crippen molar-refractivity contribution < 1.29 is 33.6 Å². The third-order valence-corrected chi connectivity index (χ3v) is 2.43. The van der Waals surface area contributed by atoms with E-state index >= 15 is 0 Å². The second-order valence-corrected chi connectivity index (χ2v) is 3.71. The molecule has 0 aliphatic carbocycles. The van der Waals surface area contributed by atoms with Gasteiger partial charge in [-0.05, 0) is 0 Å². The fourth-order valence-electron chi connectivity index (χ4n) is 1.44. The van der Waals surface area contributed by atoms with Gasteiger partial charge in [-0.1, -0.05) is 0 Å². The standard InChI is InChI=1S/C11H10N2O9/c1-20-9(14)5-22-10-7(12(16)17)3-6(11(15)21-2)4-8(10)13(18)19/h3-4H,5H2,1-2H3. The summed E-state index contributed by atoms with van der Waals surface area (Å²) in [4.78, 5) is 42.5. The first-order chi connectivity index (χ1) is 10.3. The van der Waals surface area contributed by atoms with E-state index in [0.29, 0.717) is 0 Å². The van der Waals surface area contributed by atoms with Crippen LogP contribution in [0.3, 0.4) is 0 Å². The molecule has 0 aliphatic heterocycles. The predicted octanol–water partition coefficient (Wildman–Crippen LogP) is 0.841. The smallest absolute Gasteiger partial charge is 0.343 e. The van der Waals surface area contributed by atoms with E-state index in [4.69, 9.17) is 4.74 Å². The Morgan fingerprint density at radius 2 is 1.55 bits per heavy atom. The Labute approximate surface area is 122 Å². The fourth-order valence-corrected chi connectivity index (χ4v) is 1.44. The van der Waals surface area contributed by atoms with Crippen molar-refractivity contribution in [1.82, 2.24) is 0 Å². The van der Waals surface area contributed by atoms with Gasteiger partial charge in [-0.3, -0.25) is 20.2 Å². The van der Waals surface area contributed by atoms with Crippen LogP contribution in [0.5, 0.6) is 5.75 Å². The number of rotatable bonds is 6. The second kappa shape index (κ2) is 6.97. The molecule has 22 heavy (non-hydrogen) atoms. The first-order valence-corrected chi connectivity index (χ1v) is 5.56. The molecule has 0 N–H and O–H groups in total. The number of benzene rings is 1. The van der Waals surface area contributed by atoms with Gasteiger partial charge >= 0.3 is 23.3 Å². The molecule has 0 spiro atoms. The molecule has 11 heteroatoms. The molecule has 1 rings (SSSR count). The molecule has 0 unspecified atom stereocenters. The van der Waals surface area contributed by atoms with Crippen LogP contribution in [0.25, 0.3) is 0 Å². The van der Waals surface area contributed by atoms with E-state index in [1.165, 1.54) is 0 Å². The minimum Gasteiger partial charge on any atom is -0.470 e. The Balaban J connectivity index is 3.43. The van der Waals surface area contributed by atoms with Crippen molar-refractivity contribution in [3.05, 3.63) is 37.9 Å². The van der Waals surface area contributed by atoms with Gasteiger partial charge < -0.3 is 14.2 Å². The molecule has 0 aliphatic rings. The molecule has 0 amide bonds. The number of nitro benzene ring substituents is 2. The maximum atomic E-state index is 11.4. The zero-order chi connectivity index (χ0) is 16.9. The van der Waals surface area contributed by atoms with Crippen LogP contribution in [0.2, 0.25) is 0 Å². The molecule has 118 valence electrons. The lowest BCUT2D eigenvalue weighted by molar-refractivity contribution is -0.396. The number of ether oxygens (including phenoxy) is 3. The molecule has 0 heterocycles. The van der Waals surface area contributed by atoms with Gasteiger partial charge in [0, 0.05) is 12.1 Å². The van der Waals surface area contributed by atoms with Gasteiger partial charge in [-0.25, -0.2) is 9.59 Å². The summed E-state index contributed by atoms with van der Waals surface area (Å²) in [6.45, 7) is -0.768. The van der Waals surface area contributed by atoms with Crippen LogP contribution < -0.4 is 4.74 Å². The van der Waals surface area contributed by atoms with Gasteiger partial charge in [0.15, 0.2) is 6.61 Å². The average Bonchev–Trinajstić information content (AvgIpc) is 2.50. The second-order valence-electron chi connectivity index (χ2n) is 3.71. The molecule has 0 saturated carbocycles. The fraction of sp³-hybridized carbons (Fsp3) is 0.273. The Morgan fingerprint density at radius 1 is 1.05 bits per heavy atom. The lowest BCUT2D eigenvalue weighted by atomic mass is 10.1. The van der Waals surface area contributed by atoms with Gasteiger partial charge in [-0.2, -0.15) is 0 Å². The van der Waals surface area contributed by atoms with Crippen LogP contribution in [-0.2, 0) is 14.3 Å². The van der Waals surface area contributed by atoms with Crippen molar-refractivity contribution in [1.29, 1.82) is 0 Å². The van der Waals surface area contributed by atoms with Crippen molar-refractivity contribution >= 4 is 23.3 Å². The highest BCUT2D eigenvalue weighted by Gasteiger charge is 2.31. The van der Waals surface area contributed by atoms with E-state index in [9.17, 15) is 29.8 Å². The number of esters is 2. The van der Waals surface area contributed by atoms with E-state index in [-0.39, 0.29) is 0 Å². The van der Waals surface area contributed by atoms with Crippen LogP contribution in [0.15, 0.2) is 12.1 Å². The molecule has 0 saturated heterocycles. The van der Waals surface area contributed by atoms with Crippen molar-refractivity contribution in [2.24, 2.45) is 0 Å². The quantitative estimate of drug-likeness (QED) is 0.423. The minimum absolute atomic E-state index is 0.397. The summed E-state index contributed by atoms with van der Waals surface area (Å²) in [7, 11) is 2.07. The highest BCUT2D eigenvalue weighted by molar-refractivity contribution is 5.92. The van der Waals surface area contributed by atoms with E-state index in [2.05, 4.69) is 9.47 Å². The average molecular weight is 314 g/mol. The van der Waals surface area contributed by atoms with Gasteiger partial charge in [0.25, 0.3) is 5.75 Å². The van der Waals surface area contributed by atoms with Gasteiger partial charge in [0.1, 0.15) is 0 Å². The number of hydrogen-bond donors (Lipinski definition) is 0. The first kappa shape index (κ1) is 16.8. The van der Waals surface area contributed by atoms with Crippen LogP contribution in [0.4, 0.5) is 11.4 Å². The number of nitrogens with zero attached hydrogens (tertiary/aromatic N) is 2. The highest BCUT2D eigenvalue weighted by atomic mass is 16.6. The summed E-state index contributed by atoms with van der Waals surface area (Å²) in [5.41, 5.74) is -2.09. The SMILES string of the molecule is COC(=O)COc1c([N+](=O)[O-])cc(C(=O)OC)cc1[N+](=O)[O-]. The molecule has 0 bridgehead atoms. The first-order valence-electron chi connectivity index (χ1n) is 5.56. The summed E-state index contributed by atoms with van der Waals surface area (Å²) in [6, 6.07) is 1.51. The summed E-state index contributed by atoms with van der Waals surface area (Å²) in [5.74, 6) is -2.64. The number of carbonyl (C=O) groups is 2. The van der Waals surface area contributed by atoms with Crippen molar-refractivity contribution in [2.45, 2.75) is 0 Å². The van der Waals surface area contributed by atoms with Crippen molar-refractivity contribution in [2.75, 3.05) is 20.8 Å². The lowest BCUT2D eigenvalue weighted by Crippen LogP contribution is -2.14. The summed E-state index contributed by atoms with van der Waals surface area (Å²) >= 11 is 0. The van der Waals surface area contributed by atoms with Crippen LogP contribution in [-0.4, -0.2) is 42.6 Å². The number of nitro groups is 2. The highest BCUT2D eigenvalue weighted by Crippen LogP contribution is 2.38. The molecule has 0 atom stereocenters. The lowest BCUT2D eigenvalue weighted by Gasteiger charge is -2.07. The maximum absolute atomic E-state index is 11.4. The molecule has 1 aromatic rings. The third-order valence-electron chi connectivity index (χ3n) is 2.43. The normalized spacial score (nSPS) is 9.73. The molecule has 0 radical (unpaired) electrons. The Morgan fingerprint density at radius 3 is 1.91 bits per heavy atom. The third kappa shape index (κ3) is 3.65. The van der Waals surface area contributed by atoms with Crippen LogP contribution in [0.1, 0.15) is 10.4 Å². The zero-order valence-electron chi connectivity index (χ0n) is 11.4. The number of methoxy groups -OCH3 is 2. The Bertz CT molecular complexity index is 605. The van der Waals surface area contributed by atoms with Crippen LogP contribution in [0, 0.1) is 20.2 Å². The van der Waals surface area contributed by atoms with E-state index in [1.807, 2.05) is 0 Å². The summed E-state index contributed by atoms with van der Waals surface area (Å²) in [5, 5.41) is 22.0. The Hall–Kier alpha value is -3.24. The largest absolute Gasteiger partial charge is 0.470 e. The molecule has 11 nitrogen and oxygen atoms in total. The van der Waals surface area contributed by atoms with Crippen molar-refractivity contribution in [3.63, 3.8) is 0 Å². The Kier molecular flexibility index (Phi) is 5.32. The van der Waals surface area contributed by atoms with Gasteiger partial charge in [0.05, 0.1) is 29.6 Å². The summed E-state index contributed by atoms with van der Waals surface area (Å²) < 4.78 is 13.4. The zero-order valence-corrected chi connectivity index (χ0v) is 11.4. The van der Waals surface area contributed by atoms with Crippen LogP contribution >= 0.6 is 0 Å². The molecular formula is C11H10N2O9. The van der Waals surface area contributed by atoms with Gasteiger partial charge in [-0.15, -0.1) is 0 Å². The monoisotopic (exact) mass is 314 g/mol. The minimum atomic E-state index is -0.995. The number of carbonyl (C=O) groups excluding carboxylic acids is 2.